The maximum Gasteiger partial charge on any atom is 0.119 e. The van der Waals surface area contributed by atoms with Crippen LogP contribution in [0.2, 0.25) is 0 Å². The quantitative estimate of drug-likeness (QED) is 0.878. The number of aryl methyl sites for hydroxylation is 1. The number of hydrogen-bond acceptors (Lipinski definition) is 3. The third-order valence-electron chi connectivity index (χ3n) is 5.18. The van der Waals surface area contributed by atoms with Crippen LogP contribution in [-0.2, 0) is 5.41 Å². The van der Waals surface area contributed by atoms with E-state index >= 15 is 0 Å². The summed E-state index contributed by atoms with van der Waals surface area (Å²) in [6.45, 7) is 2.13. The Labute approximate surface area is 144 Å². The molecule has 1 N–H and O–H groups in total. The molecule has 1 saturated carbocycles. The fourth-order valence-electron chi connectivity index (χ4n) is 3.60. The van der Waals surface area contributed by atoms with Gasteiger partial charge in [-0.15, -0.1) is 0 Å². The van der Waals surface area contributed by atoms with Gasteiger partial charge in [0.2, 0.25) is 0 Å². The Kier molecular flexibility index (Phi) is 4.76. The van der Waals surface area contributed by atoms with E-state index in [0.29, 0.717) is 6.04 Å². The first-order chi connectivity index (χ1) is 11.7. The van der Waals surface area contributed by atoms with Crippen molar-refractivity contribution in [3.63, 3.8) is 0 Å². The Balaban J connectivity index is 1.72. The molecule has 0 unspecified atom stereocenters. The van der Waals surface area contributed by atoms with E-state index in [1.807, 2.05) is 18.2 Å². The van der Waals surface area contributed by atoms with E-state index in [0.717, 1.165) is 37.0 Å². The summed E-state index contributed by atoms with van der Waals surface area (Å²) in [4.78, 5) is 0. The van der Waals surface area contributed by atoms with Crippen molar-refractivity contribution in [2.45, 2.75) is 44.1 Å². The van der Waals surface area contributed by atoms with Crippen LogP contribution in [0.4, 0.5) is 5.69 Å². The minimum Gasteiger partial charge on any atom is -0.497 e. The molecule has 3 rings (SSSR count). The van der Waals surface area contributed by atoms with Crippen molar-refractivity contribution in [3.8, 4) is 11.8 Å². The Hall–Kier alpha value is -2.47. The van der Waals surface area contributed by atoms with Gasteiger partial charge in [-0.1, -0.05) is 30.3 Å². The van der Waals surface area contributed by atoms with Crippen molar-refractivity contribution in [2.24, 2.45) is 0 Å². The van der Waals surface area contributed by atoms with Crippen molar-refractivity contribution in [2.75, 3.05) is 12.4 Å². The van der Waals surface area contributed by atoms with E-state index in [9.17, 15) is 5.26 Å². The van der Waals surface area contributed by atoms with Gasteiger partial charge in [-0.05, 0) is 61.9 Å². The van der Waals surface area contributed by atoms with Gasteiger partial charge < -0.3 is 10.1 Å². The van der Waals surface area contributed by atoms with Gasteiger partial charge in [0.05, 0.1) is 18.6 Å². The second-order valence-electron chi connectivity index (χ2n) is 6.66. The molecule has 3 nitrogen and oxygen atoms in total. The molecule has 1 aliphatic carbocycles. The fraction of sp³-hybridized carbons (Fsp3) is 0.381. The van der Waals surface area contributed by atoms with Crippen LogP contribution in [0.25, 0.3) is 0 Å². The average Bonchev–Trinajstić information content (AvgIpc) is 2.64. The topological polar surface area (TPSA) is 45.0 Å². The van der Waals surface area contributed by atoms with Crippen LogP contribution in [0, 0.1) is 18.3 Å². The number of methoxy groups -OCH3 is 1. The molecule has 24 heavy (non-hydrogen) atoms. The lowest BCUT2D eigenvalue weighted by Crippen LogP contribution is -2.35. The first-order valence-electron chi connectivity index (χ1n) is 8.55. The summed E-state index contributed by atoms with van der Waals surface area (Å²) < 4.78 is 5.33. The van der Waals surface area contributed by atoms with E-state index in [1.54, 1.807) is 7.11 Å². The molecule has 3 heteroatoms. The van der Waals surface area contributed by atoms with Gasteiger partial charge in [0.1, 0.15) is 5.75 Å². The normalized spacial score (nSPS) is 23.3. The standard InChI is InChI=1S/C21H24N2O/c1-16-6-3-4-9-20(16)23-18-10-12-21(15-22,13-11-18)17-7-5-8-19(14-17)24-2/h3-9,14,18,23H,10-13H2,1-2H3. The predicted molar refractivity (Wildman–Crippen MR) is 97.3 cm³/mol. The molecule has 0 bridgehead atoms. The lowest BCUT2D eigenvalue weighted by molar-refractivity contribution is 0.342. The van der Waals surface area contributed by atoms with E-state index < -0.39 is 5.41 Å². The highest BCUT2D eigenvalue weighted by molar-refractivity contribution is 5.51. The summed E-state index contributed by atoms with van der Waals surface area (Å²) in [6.07, 6.45) is 3.75. The SMILES string of the molecule is COc1cccc(C2(C#N)CCC(Nc3ccccc3C)CC2)c1. The van der Waals surface area contributed by atoms with Crippen LogP contribution in [0.3, 0.4) is 0 Å². The first-order valence-corrected chi connectivity index (χ1v) is 8.55. The molecule has 2 aromatic carbocycles. The summed E-state index contributed by atoms with van der Waals surface area (Å²) in [7, 11) is 1.67. The van der Waals surface area contributed by atoms with Gasteiger partial charge in [-0.2, -0.15) is 5.26 Å². The maximum absolute atomic E-state index is 9.87. The summed E-state index contributed by atoms with van der Waals surface area (Å²) >= 11 is 0. The van der Waals surface area contributed by atoms with Crippen LogP contribution >= 0.6 is 0 Å². The van der Waals surface area contributed by atoms with Gasteiger partial charge in [0, 0.05) is 11.7 Å². The highest BCUT2D eigenvalue weighted by atomic mass is 16.5. The fourth-order valence-corrected chi connectivity index (χ4v) is 3.60. The smallest absolute Gasteiger partial charge is 0.119 e. The van der Waals surface area contributed by atoms with Crippen molar-refractivity contribution in [3.05, 3.63) is 59.7 Å². The number of hydrogen-bond donors (Lipinski definition) is 1. The summed E-state index contributed by atoms with van der Waals surface area (Å²) in [6, 6.07) is 19.4. The van der Waals surface area contributed by atoms with E-state index in [-0.39, 0.29) is 0 Å². The predicted octanol–water partition coefficient (Wildman–Crippen LogP) is 4.82. The largest absolute Gasteiger partial charge is 0.497 e. The Morgan fingerprint density at radius 2 is 1.88 bits per heavy atom. The minimum atomic E-state index is -0.390. The van der Waals surface area contributed by atoms with Crippen LogP contribution in [0.5, 0.6) is 5.75 Å². The summed E-state index contributed by atoms with van der Waals surface area (Å²) in [5, 5.41) is 13.5. The molecule has 0 heterocycles. The molecule has 0 saturated heterocycles. The Bertz CT molecular complexity index is 739. The minimum absolute atomic E-state index is 0.390. The van der Waals surface area contributed by atoms with Crippen molar-refractivity contribution < 1.29 is 4.74 Å². The first kappa shape index (κ1) is 16.4. The Morgan fingerprint density at radius 3 is 2.54 bits per heavy atom. The van der Waals surface area contributed by atoms with E-state index in [4.69, 9.17) is 4.74 Å². The molecule has 0 aliphatic heterocycles. The molecule has 1 aliphatic rings. The lowest BCUT2D eigenvalue weighted by atomic mass is 9.69. The number of anilines is 1. The molecular formula is C21H24N2O. The van der Waals surface area contributed by atoms with Gasteiger partial charge in [-0.3, -0.25) is 0 Å². The van der Waals surface area contributed by atoms with E-state index in [2.05, 4.69) is 48.6 Å². The number of para-hydroxylation sites is 1. The van der Waals surface area contributed by atoms with Crippen LogP contribution in [0.1, 0.15) is 36.8 Å². The molecule has 0 spiro atoms. The molecule has 124 valence electrons. The van der Waals surface area contributed by atoms with E-state index in [1.165, 1.54) is 11.3 Å². The molecule has 0 aromatic heterocycles. The zero-order valence-electron chi connectivity index (χ0n) is 14.4. The van der Waals surface area contributed by atoms with Crippen LogP contribution < -0.4 is 10.1 Å². The number of benzene rings is 2. The zero-order chi connectivity index (χ0) is 17.0. The van der Waals surface area contributed by atoms with Gasteiger partial charge in [0.15, 0.2) is 0 Å². The third kappa shape index (κ3) is 3.23. The molecule has 0 amide bonds. The number of nitriles is 1. The van der Waals surface area contributed by atoms with Gasteiger partial charge >= 0.3 is 0 Å². The van der Waals surface area contributed by atoms with Crippen LogP contribution in [-0.4, -0.2) is 13.2 Å². The van der Waals surface area contributed by atoms with Crippen molar-refractivity contribution in [1.82, 2.24) is 0 Å². The van der Waals surface area contributed by atoms with Gasteiger partial charge in [0.25, 0.3) is 0 Å². The highest BCUT2D eigenvalue weighted by Crippen LogP contribution is 2.40. The highest BCUT2D eigenvalue weighted by Gasteiger charge is 2.37. The second-order valence-corrected chi connectivity index (χ2v) is 6.66. The number of ether oxygens (including phenoxy) is 1. The van der Waals surface area contributed by atoms with Gasteiger partial charge in [-0.25, -0.2) is 0 Å². The zero-order valence-corrected chi connectivity index (χ0v) is 14.4. The monoisotopic (exact) mass is 320 g/mol. The number of nitrogens with zero attached hydrogens (tertiary/aromatic N) is 1. The van der Waals surface area contributed by atoms with Crippen LogP contribution in [0.15, 0.2) is 48.5 Å². The Morgan fingerprint density at radius 1 is 1.12 bits per heavy atom. The number of rotatable bonds is 4. The molecule has 2 aromatic rings. The maximum atomic E-state index is 9.87. The third-order valence-corrected chi connectivity index (χ3v) is 5.18. The van der Waals surface area contributed by atoms with Crippen molar-refractivity contribution >= 4 is 5.69 Å². The molecule has 1 fully saturated rings. The summed E-state index contributed by atoms with van der Waals surface area (Å²) in [5.41, 5.74) is 3.16. The summed E-state index contributed by atoms with van der Waals surface area (Å²) in [5.74, 6) is 0.822. The number of nitrogens with one attached hydrogen (secondary N) is 1. The molecular weight excluding hydrogens is 296 g/mol. The van der Waals surface area contributed by atoms with Crippen molar-refractivity contribution in [1.29, 1.82) is 5.26 Å². The second kappa shape index (κ2) is 6.97. The lowest BCUT2D eigenvalue weighted by Gasteiger charge is -2.36. The molecule has 0 radical (unpaired) electrons. The molecule has 0 atom stereocenters. The average molecular weight is 320 g/mol.